The molecule has 3 aromatic heterocycles. The van der Waals surface area contributed by atoms with E-state index in [4.69, 9.17) is 4.42 Å². The van der Waals surface area contributed by atoms with Gasteiger partial charge in [0.15, 0.2) is 0 Å². The number of hydrogen-bond donors (Lipinski definition) is 2. The van der Waals surface area contributed by atoms with Gasteiger partial charge in [-0.05, 0) is 50.1 Å². The zero-order valence-electron chi connectivity index (χ0n) is 16.2. The fourth-order valence-electron chi connectivity index (χ4n) is 3.54. The molecular weight excluding hydrogens is 370 g/mol. The van der Waals surface area contributed by atoms with Gasteiger partial charge in [0, 0.05) is 31.0 Å². The highest BCUT2D eigenvalue weighted by molar-refractivity contribution is 5.94. The molecule has 0 saturated carbocycles. The van der Waals surface area contributed by atoms with Crippen LogP contribution in [0, 0.1) is 12.8 Å². The molecule has 1 atom stereocenters. The first-order valence-corrected chi connectivity index (χ1v) is 9.68. The number of furan rings is 1. The topological polar surface area (TPSA) is 104 Å². The quantitative estimate of drug-likeness (QED) is 0.693. The third-order valence-electron chi connectivity index (χ3n) is 5.08. The van der Waals surface area contributed by atoms with Crippen LogP contribution in [0.15, 0.2) is 47.1 Å². The Bertz CT molecular complexity index is 995. The number of carbonyl (C=O) groups is 2. The number of amides is 2. The number of likely N-dealkylation sites (tertiary alicyclic amines) is 1. The Kier molecular flexibility index (Phi) is 5.41. The summed E-state index contributed by atoms with van der Waals surface area (Å²) in [6.45, 7) is 3.24. The lowest BCUT2D eigenvalue weighted by atomic mass is 9.97. The number of rotatable bonds is 5. The minimum atomic E-state index is -0.232. The van der Waals surface area contributed by atoms with Gasteiger partial charge in [0.25, 0.3) is 5.91 Å². The lowest BCUT2D eigenvalue weighted by Crippen LogP contribution is -2.45. The van der Waals surface area contributed by atoms with E-state index < -0.39 is 0 Å². The van der Waals surface area contributed by atoms with E-state index in [0.29, 0.717) is 31.0 Å². The maximum absolute atomic E-state index is 12.9. The van der Waals surface area contributed by atoms with Gasteiger partial charge in [0.2, 0.25) is 5.91 Å². The molecule has 1 aliphatic heterocycles. The van der Waals surface area contributed by atoms with Crippen molar-refractivity contribution in [2.24, 2.45) is 5.92 Å². The van der Waals surface area contributed by atoms with Gasteiger partial charge in [-0.15, -0.1) is 0 Å². The van der Waals surface area contributed by atoms with E-state index in [1.54, 1.807) is 23.4 Å². The molecule has 1 saturated heterocycles. The molecule has 8 nitrogen and oxygen atoms in total. The second kappa shape index (κ2) is 8.30. The van der Waals surface area contributed by atoms with Gasteiger partial charge < -0.3 is 14.6 Å². The molecule has 4 rings (SSSR count). The second-order valence-electron chi connectivity index (χ2n) is 7.23. The lowest BCUT2D eigenvalue weighted by Gasteiger charge is -2.31. The summed E-state index contributed by atoms with van der Waals surface area (Å²) in [5.41, 5.74) is 1.92. The Morgan fingerprint density at radius 3 is 3.00 bits per heavy atom. The standard InChI is InChI=1S/C21H23N5O3/c1-14-6-7-17(29-14)12-23-20(27)16-5-3-9-26(13-16)21(28)19-10-18(24-25-19)15-4-2-8-22-11-15/h2,4,6-8,10-11,16H,3,5,9,12-13H2,1H3,(H,23,27)(H,24,25)/t16-/m0/s1. The normalized spacial score (nSPS) is 16.6. The fourth-order valence-corrected chi connectivity index (χ4v) is 3.54. The van der Waals surface area contributed by atoms with E-state index in [1.807, 2.05) is 31.2 Å². The summed E-state index contributed by atoms with van der Waals surface area (Å²) < 4.78 is 5.48. The molecule has 0 radical (unpaired) electrons. The van der Waals surface area contributed by atoms with Crippen LogP contribution < -0.4 is 5.32 Å². The number of aryl methyl sites for hydroxylation is 1. The maximum atomic E-state index is 12.9. The Morgan fingerprint density at radius 2 is 2.24 bits per heavy atom. The third-order valence-corrected chi connectivity index (χ3v) is 5.08. The Morgan fingerprint density at radius 1 is 1.34 bits per heavy atom. The number of hydrogen-bond acceptors (Lipinski definition) is 5. The largest absolute Gasteiger partial charge is 0.465 e. The Balaban J connectivity index is 1.37. The highest BCUT2D eigenvalue weighted by atomic mass is 16.3. The van der Waals surface area contributed by atoms with Crippen molar-refractivity contribution < 1.29 is 14.0 Å². The molecule has 1 fully saturated rings. The molecule has 150 valence electrons. The molecule has 3 aromatic rings. The Hall–Kier alpha value is -3.42. The van der Waals surface area contributed by atoms with Crippen LogP contribution in [0.2, 0.25) is 0 Å². The lowest BCUT2D eigenvalue weighted by molar-refractivity contribution is -0.126. The summed E-state index contributed by atoms with van der Waals surface area (Å²) in [7, 11) is 0. The van der Waals surface area contributed by atoms with E-state index in [1.165, 1.54) is 0 Å². The first-order chi connectivity index (χ1) is 14.1. The van der Waals surface area contributed by atoms with E-state index in [2.05, 4.69) is 20.5 Å². The molecule has 2 amide bonds. The highest BCUT2D eigenvalue weighted by Crippen LogP contribution is 2.21. The van der Waals surface area contributed by atoms with Crippen molar-refractivity contribution in [1.29, 1.82) is 0 Å². The van der Waals surface area contributed by atoms with E-state index in [9.17, 15) is 9.59 Å². The number of carbonyl (C=O) groups excluding carboxylic acids is 2. The summed E-state index contributed by atoms with van der Waals surface area (Å²) in [6, 6.07) is 9.15. The molecule has 2 N–H and O–H groups in total. The van der Waals surface area contributed by atoms with Gasteiger partial charge >= 0.3 is 0 Å². The molecule has 0 spiro atoms. The number of aromatic nitrogens is 3. The van der Waals surface area contributed by atoms with Crippen molar-refractivity contribution in [2.75, 3.05) is 13.1 Å². The van der Waals surface area contributed by atoms with Crippen molar-refractivity contribution in [1.82, 2.24) is 25.4 Å². The average Bonchev–Trinajstić information content (AvgIpc) is 3.41. The summed E-state index contributed by atoms with van der Waals surface area (Å²) >= 11 is 0. The van der Waals surface area contributed by atoms with Gasteiger partial charge in [-0.3, -0.25) is 19.7 Å². The minimum absolute atomic E-state index is 0.0581. The van der Waals surface area contributed by atoms with Crippen molar-refractivity contribution in [3.63, 3.8) is 0 Å². The van der Waals surface area contributed by atoms with Crippen LogP contribution in [0.4, 0.5) is 0 Å². The molecule has 0 aliphatic carbocycles. The first-order valence-electron chi connectivity index (χ1n) is 9.68. The molecular formula is C21H23N5O3. The fraction of sp³-hybridized carbons (Fsp3) is 0.333. The molecule has 8 heteroatoms. The van der Waals surface area contributed by atoms with E-state index >= 15 is 0 Å². The highest BCUT2D eigenvalue weighted by Gasteiger charge is 2.29. The van der Waals surface area contributed by atoms with Gasteiger partial charge in [-0.2, -0.15) is 5.10 Å². The van der Waals surface area contributed by atoms with E-state index in [-0.39, 0.29) is 17.7 Å². The van der Waals surface area contributed by atoms with Crippen LogP contribution in [0.25, 0.3) is 11.3 Å². The van der Waals surface area contributed by atoms with Gasteiger partial charge in [-0.25, -0.2) is 0 Å². The van der Waals surface area contributed by atoms with Crippen LogP contribution in [0.3, 0.4) is 0 Å². The van der Waals surface area contributed by atoms with Crippen molar-refractivity contribution in [3.05, 3.63) is 59.9 Å². The van der Waals surface area contributed by atoms with Crippen molar-refractivity contribution in [3.8, 4) is 11.3 Å². The number of piperidine rings is 1. The second-order valence-corrected chi connectivity index (χ2v) is 7.23. The summed E-state index contributed by atoms with van der Waals surface area (Å²) in [5, 5.41) is 9.94. The summed E-state index contributed by atoms with van der Waals surface area (Å²) in [5.74, 6) is 1.10. The van der Waals surface area contributed by atoms with Gasteiger partial charge in [0.1, 0.15) is 17.2 Å². The Labute approximate surface area is 168 Å². The molecule has 29 heavy (non-hydrogen) atoms. The smallest absolute Gasteiger partial charge is 0.271 e. The summed E-state index contributed by atoms with van der Waals surface area (Å²) in [6.07, 6.45) is 4.93. The number of aromatic amines is 1. The van der Waals surface area contributed by atoms with E-state index in [0.717, 1.165) is 29.9 Å². The number of H-pyrrole nitrogens is 1. The molecule has 0 unspecified atom stereocenters. The average molecular weight is 393 g/mol. The summed E-state index contributed by atoms with van der Waals surface area (Å²) in [4.78, 5) is 31.2. The van der Waals surface area contributed by atoms with Gasteiger partial charge in [0.05, 0.1) is 18.2 Å². The zero-order chi connectivity index (χ0) is 20.2. The van der Waals surface area contributed by atoms with Crippen molar-refractivity contribution >= 4 is 11.8 Å². The maximum Gasteiger partial charge on any atom is 0.271 e. The first kappa shape index (κ1) is 18.9. The monoisotopic (exact) mass is 393 g/mol. The predicted molar refractivity (Wildman–Crippen MR) is 106 cm³/mol. The zero-order valence-corrected chi connectivity index (χ0v) is 16.2. The molecule has 1 aliphatic rings. The van der Waals surface area contributed by atoms with Crippen LogP contribution in [-0.4, -0.2) is 45.0 Å². The molecule has 4 heterocycles. The SMILES string of the molecule is Cc1ccc(CNC(=O)[C@H]2CCCN(C(=O)c3cc(-c4cccnc4)n[nH]3)C2)o1. The van der Waals surface area contributed by atoms with Crippen LogP contribution in [0.1, 0.15) is 34.9 Å². The van der Waals surface area contributed by atoms with Crippen molar-refractivity contribution in [2.45, 2.75) is 26.3 Å². The predicted octanol–water partition coefficient (Wildman–Crippen LogP) is 2.54. The number of nitrogens with zero attached hydrogens (tertiary/aromatic N) is 3. The third kappa shape index (κ3) is 4.37. The van der Waals surface area contributed by atoms with Crippen LogP contribution in [-0.2, 0) is 11.3 Å². The number of nitrogens with one attached hydrogen (secondary N) is 2. The van der Waals surface area contributed by atoms with Gasteiger partial charge in [-0.1, -0.05) is 0 Å². The number of pyridine rings is 1. The molecule has 0 bridgehead atoms. The van der Waals surface area contributed by atoms with Crippen LogP contribution >= 0.6 is 0 Å². The minimum Gasteiger partial charge on any atom is -0.465 e. The van der Waals surface area contributed by atoms with Crippen LogP contribution in [0.5, 0.6) is 0 Å². The molecule has 0 aromatic carbocycles.